The quantitative estimate of drug-likeness (QED) is 0.701. The molecule has 1 aromatic carbocycles. The molecule has 3 atom stereocenters. The van der Waals surface area contributed by atoms with Crippen molar-refractivity contribution in [2.24, 2.45) is 11.8 Å². The van der Waals surface area contributed by atoms with Gasteiger partial charge in [-0.3, -0.25) is 19.3 Å². The van der Waals surface area contributed by atoms with Crippen molar-refractivity contribution in [3.05, 3.63) is 24.0 Å². The van der Waals surface area contributed by atoms with Gasteiger partial charge in [-0.25, -0.2) is 9.37 Å². The van der Waals surface area contributed by atoms with E-state index in [1.54, 1.807) is 17.8 Å². The van der Waals surface area contributed by atoms with Gasteiger partial charge in [-0.05, 0) is 49.5 Å². The van der Waals surface area contributed by atoms with Crippen molar-refractivity contribution in [3.63, 3.8) is 0 Å². The summed E-state index contributed by atoms with van der Waals surface area (Å²) in [5.41, 5.74) is 0.590. The summed E-state index contributed by atoms with van der Waals surface area (Å²) in [5, 5.41) is 3.08. The monoisotopic (exact) mass is 435 g/mol. The average Bonchev–Trinajstić information content (AvgIpc) is 3.21. The zero-order chi connectivity index (χ0) is 20.5. The van der Waals surface area contributed by atoms with Gasteiger partial charge in [0.25, 0.3) is 0 Å². The second-order valence-electron chi connectivity index (χ2n) is 7.46. The molecule has 9 heteroatoms. The number of halogens is 1. The molecule has 154 valence electrons. The second-order valence-corrected chi connectivity index (χ2v) is 9.48. The van der Waals surface area contributed by atoms with E-state index in [0.717, 1.165) is 12.8 Å². The van der Waals surface area contributed by atoms with Crippen LogP contribution in [0.1, 0.15) is 32.1 Å². The van der Waals surface area contributed by atoms with Crippen LogP contribution in [0.25, 0.3) is 10.2 Å². The van der Waals surface area contributed by atoms with Gasteiger partial charge in [-0.15, -0.1) is 0 Å². The number of aromatic nitrogens is 1. The highest BCUT2D eigenvalue weighted by Gasteiger charge is 2.51. The highest BCUT2D eigenvalue weighted by molar-refractivity contribution is 7.98. The van der Waals surface area contributed by atoms with Gasteiger partial charge in [0.2, 0.25) is 17.7 Å². The number of carbonyl (C=O) groups is 3. The van der Waals surface area contributed by atoms with Gasteiger partial charge < -0.3 is 5.32 Å². The Morgan fingerprint density at radius 1 is 1.31 bits per heavy atom. The molecule has 1 saturated carbocycles. The van der Waals surface area contributed by atoms with Crippen LogP contribution in [0.2, 0.25) is 0 Å². The predicted octanol–water partition coefficient (Wildman–Crippen LogP) is 3.67. The van der Waals surface area contributed by atoms with E-state index in [9.17, 15) is 18.8 Å². The van der Waals surface area contributed by atoms with E-state index in [1.165, 1.54) is 28.4 Å². The molecule has 2 aliphatic rings. The first-order valence-electron chi connectivity index (χ1n) is 9.72. The summed E-state index contributed by atoms with van der Waals surface area (Å²) in [4.78, 5) is 44.5. The summed E-state index contributed by atoms with van der Waals surface area (Å²) in [5.74, 6) is -1.14. The minimum atomic E-state index is -0.850. The lowest BCUT2D eigenvalue weighted by Crippen LogP contribution is -2.48. The van der Waals surface area contributed by atoms with Gasteiger partial charge in [0.1, 0.15) is 11.9 Å². The number of rotatable bonds is 6. The minimum Gasteiger partial charge on any atom is -0.300 e. The largest absolute Gasteiger partial charge is 0.300 e. The molecule has 6 nitrogen and oxygen atoms in total. The van der Waals surface area contributed by atoms with E-state index in [4.69, 9.17) is 0 Å². The van der Waals surface area contributed by atoms with Crippen LogP contribution in [0.15, 0.2) is 18.2 Å². The molecule has 29 heavy (non-hydrogen) atoms. The number of hydrogen-bond donors (Lipinski definition) is 1. The van der Waals surface area contributed by atoms with E-state index in [1.807, 2.05) is 6.26 Å². The van der Waals surface area contributed by atoms with Gasteiger partial charge in [-0.1, -0.05) is 24.2 Å². The fourth-order valence-electron chi connectivity index (χ4n) is 4.24. The molecular formula is C20H22FN3O3S2. The van der Waals surface area contributed by atoms with Crippen molar-refractivity contribution in [1.82, 2.24) is 9.88 Å². The van der Waals surface area contributed by atoms with Gasteiger partial charge in [0.05, 0.1) is 22.1 Å². The fraction of sp³-hybridized carbons (Fsp3) is 0.500. The van der Waals surface area contributed by atoms with Crippen LogP contribution in [0.3, 0.4) is 0 Å². The Kier molecular flexibility index (Phi) is 5.87. The molecule has 3 amide bonds. The summed E-state index contributed by atoms with van der Waals surface area (Å²) >= 11 is 2.73. The highest BCUT2D eigenvalue weighted by Crippen LogP contribution is 2.39. The van der Waals surface area contributed by atoms with Crippen molar-refractivity contribution >= 4 is 56.2 Å². The molecule has 2 aromatic rings. The smallest absolute Gasteiger partial charge is 0.249 e. The van der Waals surface area contributed by atoms with Crippen molar-refractivity contribution in [1.29, 1.82) is 0 Å². The number of nitrogens with zero attached hydrogens (tertiary/aromatic N) is 2. The van der Waals surface area contributed by atoms with E-state index in [0.29, 0.717) is 40.4 Å². The van der Waals surface area contributed by atoms with E-state index in [-0.39, 0.29) is 29.5 Å². The van der Waals surface area contributed by atoms with Crippen LogP contribution in [0.4, 0.5) is 9.52 Å². The molecule has 1 N–H and O–H groups in total. The number of nitrogens with one attached hydrogen (secondary N) is 1. The van der Waals surface area contributed by atoms with Crippen LogP contribution in [0.5, 0.6) is 0 Å². The molecule has 2 heterocycles. The molecule has 1 saturated heterocycles. The number of thioether (sulfide) groups is 1. The first-order chi connectivity index (χ1) is 14.0. The van der Waals surface area contributed by atoms with Crippen LogP contribution in [-0.2, 0) is 14.4 Å². The van der Waals surface area contributed by atoms with Crippen LogP contribution in [-0.4, -0.2) is 45.7 Å². The van der Waals surface area contributed by atoms with Crippen molar-refractivity contribution in [2.45, 2.75) is 38.1 Å². The molecule has 0 bridgehead atoms. The van der Waals surface area contributed by atoms with Crippen LogP contribution < -0.4 is 5.32 Å². The zero-order valence-corrected chi connectivity index (χ0v) is 17.7. The molecule has 1 aromatic heterocycles. The number of fused-ring (bicyclic) bond motifs is 2. The van der Waals surface area contributed by atoms with E-state index < -0.39 is 11.9 Å². The number of hydrogen-bond acceptors (Lipinski definition) is 6. The van der Waals surface area contributed by atoms with Gasteiger partial charge in [0.15, 0.2) is 5.13 Å². The maximum absolute atomic E-state index is 13.4. The third kappa shape index (κ3) is 3.90. The molecule has 4 rings (SSSR count). The number of anilines is 1. The Bertz CT molecular complexity index is 940. The second kappa shape index (κ2) is 8.39. The molecule has 0 radical (unpaired) electrons. The molecule has 1 aliphatic carbocycles. The summed E-state index contributed by atoms with van der Waals surface area (Å²) in [6.45, 7) is 0. The Hall–Kier alpha value is -2.00. The molecule has 1 aliphatic heterocycles. The summed E-state index contributed by atoms with van der Waals surface area (Å²) in [7, 11) is 0. The molecular weight excluding hydrogens is 413 g/mol. The molecule has 0 spiro atoms. The predicted molar refractivity (Wildman–Crippen MR) is 112 cm³/mol. The lowest BCUT2D eigenvalue weighted by Gasteiger charge is -2.25. The highest BCUT2D eigenvalue weighted by atomic mass is 32.2. The standard InChI is InChI=1S/C20H22FN3O3S2/c1-28-9-8-15(24-18(26)12-4-2-3-5-13(12)19(24)27)17(25)23-20-22-14-7-6-11(21)10-16(14)29-20/h6-7,10,12-13,15H,2-5,8-9H2,1H3,(H,22,23,25)/t12-,13+,15-/m1/s1. The normalized spacial score (nSPS) is 22.8. The molecule has 0 unspecified atom stereocenters. The Morgan fingerprint density at radius 3 is 2.66 bits per heavy atom. The van der Waals surface area contributed by atoms with Gasteiger partial charge >= 0.3 is 0 Å². The van der Waals surface area contributed by atoms with Gasteiger partial charge in [-0.2, -0.15) is 11.8 Å². The summed E-state index contributed by atoms with van der Waals surface area (Å²) in [6, 6.07) is 3.39. The average molecular weight is 436 g/mol. The number of amides is 3. The topological polar surface area (TPSA) is 79.4 Å². The van der Waals surface area contributed by atoms with Crippen molar-refractivity contribution in [3.8, 4) is 0 Å². The number of likely N-dealkylation sites (tertiary alicyclic amines) is 1. The third-order valence-electron chi connectivity index (χ3n) is 5.67. The number of benzene rings is 1. The number of thiazole rings is 1. The lowest BCUT2D eigenvalue weighted by molar-refractivity contribution is -0.146. The van der Waals surface area contributed by atoms with Crippen LogP contribution >= 0.6 is 23.1 Å². The van der Waals surface area contributed by atoms with E-state index >= 15 is 0 Å². The summed E-state index contributed by atoms with van der Waals surface area (Å²) in [6.07, 6.45) is 5.63. The number of carbonyl (C=O) groups excluding carboxylic acids is 3. The Labute approximate surface area is 176 Å². The third-order valence-corrected chi connectivity index (χ3v) is 7.24. The Balaban J connectivity index is 1.57. The number of imide groups is 1. The van der Waals surface area contributed by atoms with Crippen LogP contribution in [0, 0.1) is 17.7 Å². The first kappa shape index (κ1) is 20.3. The lowest BCUT2D eigenvalue weighted by atomic mass is 9.81. The maximum Gasteiger partial charge on any atom is 0.249 e. The van der Waals surface area contributed by atoms with E-state index in [2.05, 4.69) is 10.3 Å². The van der Waals surface area contributed by atoms with Crippen molar-refractivity contribution in [2.75, 3.05) is 17.3 Å². The maximum atomic E-state index is 13.4. The zero-order valence-electron chi connectivity index (χ0n) is 16.0. The van der Waals surface area contributed by atoms with Crippen molar-refractivity contribution < 1.29 is 18.8 Å². The first-order valence-corrected chi connectivity index (χ1v) is 11.9. The fourth-order valence-corrected chi connectivity index (χ4v) is 5.60. The SMILES string of the molecule is CSCC[C@H](C(=O)Nc1nc2ccc(F)cc2s1)N1C(=O)[C@H]2CCCC[C@H]2C1=O. The van der Waals surface area contributed by atoms with Gasteiger partial charge in [0, 0.05) is 0 Å². The summed E-state index contributed by atoms with van der Waals surface area (Å²) < 4.78 is 14.0. The minimum absolute atomic E-state index is 0.215. The molecule has 2 fully saturated rings. The Morgan fingerprint density at radius 2 is 2.00 bits per heavy atom.